The lowest BCUT2D eigenvalue weighted by atomic mass is 10.1. The molecule has 23 heavy (non-hydrogen) atoms. The Morgan fingerprint density at radius 1 is 1.30 bits per heavy atom. The molecule has 0 atom stereocenters. The number of hydrogen-bond donors (Lipinski definition) is 2. The van der Waals surface area contributed by atoms with E-state index in [4.69, 9.17) is 0 Å². The summed E-state index contributed by atoms with van der Waals surface area (Å²) in [4.78, 5) is 20.5. The van der Waals surface area contributed by atoms with E-state index in [0.29, 0.717) is 35.5 Å². The van der Waals surface area contributed by atoms with Crippen molar-refractivity contribution in [1.29, 1.82) is 0 Å². The topological polar surface area (TPSA) is 93.0 Å². The standard InChI is InChI=1S/C15H15N5O2S/c1-2-16-13-7-12-11(6-14(13)20(21)22)15(19-9-18-12)17-8-10-4-3-5-23-10/h3-7,9,16H,2,8H2,1H3,(H,17,18,19). The van der Waals surface area contributed by atoms with Crippen LogP contribution in [0.1, 0.15) is 11.8 Å². The molecule has 2 N–H and O–H groups in total. The highest BCUT2D eigenvalue weighted by Gasteiger charge is 2.17. The van der Waals surface area contributed by atoms with Gasteiger partial charge in [0.05, 0.1) is 17.0 Å². The van der Waals surface area contributed by atoms with Crippen molar-refractivity contribution < 1.29 is 4.92 Å². The summed E-state index contributed by atoms with van der Waals surface area (Å²) in [6.07, 6.45) is 1.46. The third kappa shape index (κ3) is 3.21. The molecule has 8 heteroatoms. The zero-order valence-corrected chi connectivity index (χ0v) is 13.3. The SMILES string of the molecule is CCNc1cc2ncnc(NCc3cccs3)c2cc1[N+](=O)[O-]. The number of nitrogens with one attached hydrogen (secondary N) is 2. The van der Waals surface area contributed by atoms with E-state index in [1.54, 1.807) is 17.4 Å². The molecule has 0 spiro atoms. The summed E-state index contributed by atoms with van der Waals surface area (Å²) in [5.74, 6) is 0.592. The number of benzene rings is 1. The van der Waals surface area contributed by atoms with Gasteiger partial charge in [0.15, 0.2) is 0 Å². The summed E-state index contributed by atoms with van der Waals surface area (Å²) >= 11 is 1.64. The first-order valence-electron chi connectivity index (χ1n) is 7.12. The number of nitro benzene ring substituents is 1. The van der Waals surface area contributed by atoms with Gasteiger partial charge in [0.2, 0.25) is 0 Å². The van der Waals surface area contributed by atoms with Gasteiger partial charge < -0.3 is 10.6 Å². The fourth-order valence-corrected chi connectivity index (χ4v) is 2.94. The lowest BCUT2D eigenvalue weighted by Gasteiger charge is -2.10. The van der Waals surface area contributed by atoms with E-state index in [1.165, 1.54) is 12.4 Å². The van der Waals surface area contributed by atoms with E-state index < -0.39 is 4.92 Å². The van der Waals surface area contributed by atoms with E-state index in [9.17, 15) is 10.1 Å². The molecule has 0 aliphatic rings. The average molecular weight is 329 g/mol. The summed E-state index contributed by atoms with van der Waals surface area (Å²) in [6, 6.07) is 7.21. The molecule has 0 aliphatic heterocycles. The van der Waals surface area contributed by atoms with Crippen molar-refractivity contribution in [3.63, 3.8) is 0 Å². The second kappa shape index (κ2) is 6.57. The van der Waals surface area contributed by atoms with E-state index in [-0.39, 0.29) is 5.69 Å². The van der Waals surface area contributed by atoms with Crippen LogP contribution in [0.3, 0.4) is 0 Å². The molecule has 0 aliphatic carbocycles. The largest absolute Gasteiger partial charge is 0.380 e. The number of hydrogen-bond acceptors (Lipinski definition) is 7. The quantitative estimate of drug-likeness (QED) is 0.530. The van der Waals surface area contributed by atoms with Crippen LogP contribution >= 0.6 is 11.3 Å². The molecule has 1 aromatic carbocycles. The summed E-state index contributed by atoms with van der Waals surface area (Å²) in [7, 11) is 0. The minimum absolute atomic E-state index is 0.0216. The van der Waals surface area contributed by atoms with Gasteiger partial charge in [0.25, 0.3) is 5.69 Å². The number of nitro groups is 1. The van der Waals surface area contributed by atoms with Gasteiger partial charge in [-0.15, -0.1) is 11.3 Å². The van der Waals surface area contributed by atoms with Crippen molar-refractivity contribution in [2.75, 3.05) is 17.2 Å². The van der Waals surface area contributed by atoms with Crippen LogP contribution in [0.5, 0.6) is 0 Å². The van der Waals surface area contributed by atoms with Crippen LogP contribution < -0.4 is 10.6 Å². The summed E-state index contributed by atoms with van der Waals surface area (Å²) in [5.41, 5.74) is 1.15. The van der Waals surface area contributed by atoms with Gasteiger partial charge in [0.1, 0.15) is 17.8 Å². The highest BCUT2D eigenvalue weighted by atomic mass is 32.1. The van der Waals surface area contributed by atoms with Crippen molar-refractivity contribution in [3.8, 4) is 0 Å². The summed E-state index contributed by atoms with van der Waals surface area (Å²) in [6.45, 7) is 3.11. The van der Waals surface area contributed by atoms with Crippen LogP contribution in [-0.4, -0.2) is 21.4 Å². The molecule has 0 fully saturated rings. The Labute approximate surface area is 136 Å². The predicted octanol–water partition coefficient (Wildman–Crippen LogP) is 3.64. The van der Waals surface area contributed by atoms with Crippen molar-refractivity contribution in [2.24, 2.45) is 0 Å². The maximum atomic E-state index is 11.3. The maximum absolute atomic E-state index is 11.3. The molecule has 0 saturated heterocycles. The van der Waals surface area contributed by atoms with E-state index in [2.05, 4.69) is 20.6 Å². The number of fused-ring (bicyclic) bond motifs is 1. The molecule has 0 unspecified atom stereocenters. The van der Waals surface area contributed by atoms with Gasteiger partial charge in [-0.1, -0.05) is 6.07 Å². The molecule has 118 valence electrons. The second-order valence-electron chi connectivity index (χ2n) is 4.83. The lowest BCUT2D eigenvalue weighted by Crippen LogP contribution is -2.04. The number of nitrogens with zero attached hydrogens (tertiary/aromatic N) is 3. The normalized spacial score (nSPS) is 10.7. The van der Waals surface area contributed by atoms with Crippen molar-refractivity contribution >= 4 is 39.4 Å². The molecule has 3 aromatic rings. The lowest BCUT2D eigenvalue weighted by molar-refractivity contribution is -0.383. The second-order valence-corrected chi connectivity index (χ2v) is 5.86. The van der Waals surface area contributed by atoms with Gasteiger partial charge in [0, 0.05) is 22.9 Å². The average Bonchev–Trinajstić information content (AvgIpc) is 3.05. The Balaban J connectivity index is 2.01. The first-order valence-corrected chi connectivity index (χ1v) is 8.00. The van der Waals surface area contributed by atoms with Crippen LogP contribution in [0.2, 0.25) is 0 Å². The number of thiophene rings is 1. The van der Waals surface area contributed by atoms with Crippen LogP contribution in [0.4, 0.5) is 17.2 Å². The van der Waals surface area contributed by atoms with Gasteiger partial charge >= 0.3 is 0 Å². The molecule has 0 amide bonds. The first kappa shape index (κ1) is 15.2. The monoisotopic (exact) mass is 329 g/mol. The fourth-order valence-electron chi connectivity index (χ4n) is 2.30. The van der Waals surface area contributed by atoms with Crippen molar-refractivity contribution in [2.45, 2.75) is 13.5 Å². The molecular weight excluding hydrogens is 314 g/mol. The minimum atomic E-state index is -0.395. The van der Waals surface area contributed by atoms with Crippen molar-refractivity contribution in [1.82, 2.24) is 9.97 Å². The molecular formula is C15H15N5O2S. The number of anilines is 2. The van der Waals surface area contributed by atoms with Crippen molar-refractivity contribution in [3.05, 3.63) is 51.0 Å². The number of aromatic nitrogens is 2. The van der Waals surface area contributed by atoms with Gasteiger partial charge in [-0.2, -0.15) is 0 Å². The molecule has 3 rings (SSSR count). The van der Waals surface area contributed by atoms with Gasteiger partial charge in [-0.05, 0) is 24.4 Å². The molecule has 0 radical (unpaired) electrons. The summed E-state index contributed by atoms with van der Waals surface area (Å²) < 4.78 is 0. The predicted molar refractivity (Wildman–Crippen MR) is 92.0 cm³/mol. The molecule has 7 nitrogen and oxygen atoms in total. The number of rotatable bonds is 6. The Morgan fingerprint density at radius 2 is 2.17 bits per heavy atom. The molecule has 2 aromatic heterocycles. The zero-order chi connectivity index (χ0) is 16.2. The maximum Gasteiger partial charge on any atom is 0.293 e. The van der Waals surface area contributed by atoms with E-state index in [0.717, 1.165) is 4.88 Å². The van der Waals surface area contributed by atoms with Crippen LogP contribution in [0.15, 0.2) is 36.0 Å². The van der Waals surface area contributed by atoms with Crippen LogP contribution in [0.25, 0.3) is 10.9 Å². The Kier molecular flexibility index (Phi) is 4.33. The summed E-state index contributed by atoms with van der Waals surface area (Å²) in [5, 5.41) is 20.2. The fraction of sp³-hybridized carbons (Fsp3) is 0.200. The van der Waals surface area contributed by atoms with Crippen LogP contribution in [-0.2, 0) is 6.54 Å². The highest BCUT2D eigenvalue weighted by Crippen LogP contribution is 2.32. The molecule has 0 saturated carbocycles. The van der Waals surface area contributed by atoms with Crippen LogP contribution in [0, 0.1) is 10.1 Å². The van der Waals surface area contributed by atoms with Gasteiger partial charge in [-0.3, -0.25) is 10.1 Å². The Morgan fingerprint density at radius 3 is 2.87 bits per heavy atom. The molecule has 0 bridgehead atoms. The van der Waals surface area contributed by atoms with E-state index in [1.807, 2.05) is 24.4 Å². The Hall–Kier alpha value is -2.74. The Bertz CT molecular complexity index is 835. The third-order valence-electron chi connectivity index (χ3n) is 3.33. The smallest absolute Gasteiger partial charge is 0.293 e. The first-order chi connectivity index (χ1) is 11.2. The zero-order valence-electron chi connectivity index (χ0n) is 12.4. The van der Waals surface area contributed by atoms with E-state index >= 15 is 0 Å². The highest BCUT2D eigenvalue weighted by molar-refractivity contribution is 7.09. The van der Waals surface area contributed by atoms with Gasteiger partial charge in [-0.25, -0.2) is 9.97 Å². The molecule has 2 heterocycles. The third-order valence-corrected chi connectivity index (χ3v) is 4.20. The minimum Gasteiger partial charge on any atom is -0.380 e.